The minimum atomic E-state index is -0.502. The maximum atomic E-state index is 14.1. The zero-order valence-electron chi connectivity index (χ0n) is 11.0. The number of carbonyl (C=O) groups is 1. The molecule has 0 fully saturated rings. The van der Waals surface area contributed by atoms with E-state index < -0.39 is 5.82 Å². The zero-order chi connectivity index (χ0) is 15.0. The first-order valence-electron chi connectivity index (χ1n) is 6.16. The Hall–Kier alpha value is -2.21. The number of fused-ring (bicyclic) bond motifs is 1. The van der Waals surface area contributed by atoms with E-state index in [1.165, 1.54) is 25.3 Å². The second kappa shape index (κ2) is 5.29. The minimum Gasteiger partial charge on any atom is -0.453 e. The second-order valence-corrected chi connectivity index (χ2v) is 5.27. The van der Waals surface area contributed by atoms with Crippen LogP contribution in [0.25, 0.3) is 10.9 Å². The summed E-state index contributed by atoms with van der Waals surface area (Å²) in [5.74, 6) is -0.258. The number of nitrogens with zero attached hydrogens (tertiary/aromatic N) is 1. The highest BCUT2D eigenvalue weighted by atomic mass is 79.9. The Morgan fingerprint density at radius 2 is 2.19 bits per heavy atom. The Morgan fingerprint density at radius 3 is 2.95 bits per heavy atom. The van der Waals surface area contributed by atoms with E-state index in [4.69, 9.17) is 4.74 Å². The molecule has 106 valence electrons. The number of halogens is 2. The van der Waals surface area contributed by atoms with Gasteiger partial charge in [-0.25, -0.2) is 4.39 Å². The van der Waals surface area contributed by atoms with Gasteiger partial charge < -0.3 is 9.72 Å². The van der Waals surface area contributed by atoms with E-state index in [1.807, 2.05) is 6.07 Å². The van der Waals surface area contributed by atoms with Gasteiger partial charge in [0.25, 0.3) is 0 Å². The van der Waals surface area contributed by atoms with Crippen LogP contribution in [0.2, 0.25) is 0 Å². The number of benzene rings is 1. The van der Waals surface area contributed by atoms with Crippen molar-refractivity contribution in [2.45, 2.75) is 6.92 Å². The molecule has 0 radical (unpaired) electrons. The summed E-state index contributed by atoms with van der Waals surface area (Å²) in [5, 5.41) is 0.812. The molecule has 1 aromatic carbocycles. The Labute approximate surface area is 128 Å². The van der Waals surface area contributed by atoms with Crippen molar-refractivity contribution >= 4 is 32.6 Å². The van der Waals surface area contributed by atoms with Crippen LogP contribution in [0.5, 0.6) is 11.5 Å². The summed E-state index contributed by atoms with van der Waals surface area (Å²) in [5.41, 5.74) is 0.942. The summed E-state index contributed by atoms with van der Waals surface area (Å²) in [6.45, 7) is 1.41. The van der Waals surface area contributed by atoms with Gasteiger partial charge >= 0.3 is 0 Å². The fourth-order valence-electron chi connectivity index (χ4n) is 1.99. The standard InChI is InChI=1S/C15H10BrFN2O2/c1-8(20)12-6-9(2-4-18-12)21-15-11(17)7-13-10(14(15)16)3-5-19-13/h2-7,19H,1H3. The van der Waals surface area contributed by atoms with Gasteiger partial charge in [-0.3, -0.25) is 9.78 Å². The highest BCUT2D eigenvalue weighted by Gasteiger charge is 2.15. The highest BCUT2D eigenvalue weighted by Crippen LogP contribution is 2.38. The van der Waals surface area contributed by atoms with E-state index in [2.05, 4.69) is 25.9 Å². The Bertz CT molecular complexity index is 845. The highest BCUT2D eigenvalue weighted by molar-refractivity contribution is 9.10. The number of hydrogen-bond acceptors (Lipinski definition) is 3. The summed E-state index contributed by atoms with van der Waals surface area (Å²) in [7, 11) is 0. The molecule has 4 nitrogen and oxygen atoms in total. The maximum Gasteiger partial charge on any atom is 0.178 e. The lowest BCUT2D eigenvalue weighted by Gasteiger charge is -2.10. The van der Waals surface area contributed by atoms with E-state index in [0.717, 1.165) is 5.39 Å². The molecule has 0 saturated heterocycles. The van der Waals surface area contributed by atoms with Crippen molar-refractivity contribution in [2.24, 2.45) is 0 Å². The number of hydrogen-bond donors (Lipinski definition) is 1. The van der Waals surface area contributed by atoms with Gasteiger partial charge in [0.2, 0.25) is 0 Å². The molecule has 2 heterocycles. The lowest BCUT2D eigenvalue weighted by atomic mass is 10.2. The van der Waals surface area contributed by atoms with Crippen molar-refractivity contribution in [1.82, 2.24) is 9.97 Å². The molecule has 0 aliphatic carbocycles. The summed E-state index contributed by atoms with van der Waals surface area (Å²) >= 11 is 3.35. The first-order chi connectivity index (χ1) is 10.1. The van der Waals surface area contributed by atoms with E-state index in [-0.39, 0.29) is 17.2 Å². The van der Waals surface area contributed by atoms with E-state index in [1.54, 1.807) is 12.3 Å². The average molecular weight is 349 g/mol. The number of pyridine rings is 1. The summed E-state index contributed by atoms with van der Waals surface area (Å²) in [6.07, 6.45) is 3.17. The molecular formula is C15H10BrFN2O2. The first kappa shape index (κ1) is 13.8. The summed E-state index contributed by atoms with van der Waals surface area (Å²) < 4.78 is 20.2. The number of H-pyrrole nitrogens is 1. The Kier molecular flexibility index (Phi) is 3.47. The molecule has 0 unspecified atom stereocenters. The van der Waals surface area contributed by atoms with Crippen LogP contribution < -0.4 is 4.74 Å². The summed E-state index contributed by atoms with van der Waals surface area (Å²) in [4.78, 5) is 18.2. The van der Waals surface area contributed by atoms with Gasteiger partial charge in [-0.05, 0) is 28.1 Å². The molecule has 0 aliphatic rings. The number of carbonyl (C=O) groups excluding carboxylic acids is 1. The van der Waals surface area contributed by atoms with Crippen LogP contribution in [0.4, 0.5) is 4.39 Å². The van der Waals surface area contributed by atoms with Crippen LogP contribution in [0.15, 0.2) is 41.1 Å². The molecule has 3 aromatic rings. The SMILES string of the molecule is CC(=O)c1cc(Oc2c(F)cc3[nH]ccc3c2Br)ccn1. The van der Waals surface area contributed by atoms with E-state index in [0.29, 0.717) is 15.7 Å². The third kappa shape index (κ3) is 2.54. The van der Waals surface area contributed by atoms with Gasteiger partial charge in [0.05, 0.1) is 4.47 Å². The molecule has 3 rings (SSSR count). The van der Waals surface area contributed by atoms with Gasteiger partial charge in [0.15, 0.2) is 17.3 Å². The Morgan fingerprint density at radius 1 is 1.38 bits per heavy atom. The fraction of sp³-hybridized carbons (Fsp3) is 0.0667. The number of ketones is 1. The number of Topliss-reactive ketones (excluding diaryl/α,β-unsaturated/α-hetero) is 1. The monoisotopic (exact) mass is 348 g/mol. The van der Waals surface area contributed by atoms with Crippen LogP contribution in [0.3, 0.4) is 0 Å². The van der Waals surface area contributed by atoms with Crippen molar-refractivity contribution in [2.75, 3.05) is 0 Å². The third-order valence-electron chi connectivity index (χ3n) is 3.01. The molecule has 0 amide bonds. The molecular weight excluding hydrogens is 339 g/mol. The molecule has 6 heteroatoms. The topological polar surface area (TPSA) is 55.0 Å². The van der Waals surface area contributed by atoms with Crippen molar-refractivity contribution < 1.29 is 13.9 Å². The molecule has 0 spiro atoms. The van der Waals surface area contributed by atoms with Gasteiger partial charge in [-0.2, -0.15) is 0 Å². The average Bonchev–Trinajstić information content (AvgIpc) is 2.92. The number of rotatable bonds is 3. The predicted octanol–water partition coefficient (Wildman–Crippen LogP) is 4.46. The van der Waals surface area contributed by atoms with Gasteiger partial charge in [-0.1, -0.05) is 0 Å². The van der Waals surface area contributed by atoms with Crippen LogP contribution in [0.1, 0.15) is 17.4 Å². The normalized spacial score (nSPS) is 10.8. The van der Waals surface area contributed by atoms with Crippen LogP contribution in [-0.4, -0.2) is 15.8 Å². The molecule has 0 bridgehead atoms. The smallest absolute Gasteiger partial charge is 0.178 e. The number of nitrogens with one attached hydrogen (secondary N) is 1. The molecule has 0 aliphatic heterocycles. The van der Waals surface area contributed by atoms with E-state index in [9.17, 15) is 9.18 Å². The van der Waals surface area contributed by atoms with E-state index >= 15 is 0 Å². The number of ether oxygens (including phenoxy) is 1. The quantitative estimate of drug-likeness (QED) is 0.711. The van der Waals surface area contributed by atoms with Crippen LogP contribution in [0, 0.1) is 5.82 Å². The molecule has 0 saturated carbocycles. The van der Waals surface area contributed by atoms with Crippen molar-refractivity contribution in [3.63, 3.8) is 0 Å². The van der Waals surface area contributed by atoms with Crippen molar-refractivity contribution in [1.29, 1.82) is 0 Å². The fourth-order valence-corrected chi connectivity index (χ4v) is 2.61. The maximum absolute atomic E-state index is 14.1. The minimum absolute atomic E-state index is 0.0720. The molecule has 21 heavy (non-hydrogen) atoms. The van der Waals surface area contributed by atoms with Gasteiger partial charge in [0.1, 0.15) is 11.4 Å². The second-order valence-electron chi connectivity index (χ2n) is 4.48. The lowest BCUT2D eigenvalue weighted by molar-refractivity contribution is 0.101. The molecule has 0 atom stereocenters. The zero-order valence-corrected chi connectivity index (χ0v) is 12.6. The lowest BCUT2D eigenvalue weighted by Crippen LogP contribution is -1.97. The third-order valence-corrected chi connectivity index (χ3v) is 3.80. The van der Waals surface area contributed by atoms with Crippen LogP contribution >= 0.6 is 15.9 Å². The number of aromatic nitrogens is 2. The van der Waals surface area contributed by atoms with Gasteiger partial charge in [-0.15, -0.1) is 0 Å². The summed E-state index contributed by atoms with van der Waals surface area (Å²) in [6, 6.07) is 6.23. The molecule has 1 N–H and O–H groups in total. The van der Waals surface area contributed by atoms with Gasteiger partial charge in [0, 0.05) is 42.4 Å². The number of aromatic amines is 1. The Balaban J connectivity index is 2.05. The van der Waals surface area contributed by atoms with Crippen LogP contribution in [-0.2, 0) is 0 Å². The largest absolute Gasteiger partial charge is 0.453 e. The van der Waals surface area contributed by atoms with Crippen molar-refractivity contribution in [3.05, 3.63) is 52.6 Å². The van der Waals surface area contributed by atoms with Crippen molar-refractivity contribution in [3.8, 4) is 11.5 Å². The first-order valence-corrected chi connectivity index (χ1v) is 6.95. The predicted molar refractivity (Wildman–Crippen MR) is 80.3 cm³/mol. The molecule has 2 aromatic heterocycles.